The van der Waals surface area contributed by atoms with Crippen LogP contribution in [0.1, 0.15) is 87.3 Å². The van der Waals surface area contributed by atoms with Gasteiger partial charge < -0.3 is 4.74 Å². The van der Waals surface area contributed by atoms with Crippen molar-refractivity contribution in [2.75, 3.05) is 0 Å². The molecule has 1 saturated carbocycles. The number of benzene rings is 4. The molecule has 0 bridgehead atoms. The first-order valence-electron chi connectivity index (χ1n) is 15.6. The molecule has 0 aromatic heterocycles. The number of alkyl halides is 4. The van der Waals surface area contributed by atoms with Gasteiger partial charge in [0.2, 0.25) is 0 Å². The van der Waals surface area contributed by atoms with Crippen molar-refractivity contribution >= 4 is 0 Å². The first-order valence-corrected chi connectivity index (χ1v) is 15.6. The first-order chi connectivity index (χ1) is 22.4. The lowest BCUT2D eigenvalue weighted by molar-refractivity contribution is -0.189. The van der Waals surface area contributed by atoms with Crippen molar-refractivity contribution in [3.8, 4) is 28.0 Å². The maximum absolute atomic E-state index is 15.3. The fraction of sp³-hybridized carbons (Fsp3) is 0.351. The van der Waals surface area contributed by atoms with Crippen LogP contribution in [0.5, 0.6) is 5.75 Å². The van der Waals surface area contributed by atoms with Crippen molar-refractivity contribution in [3.63, 3.8) is 0 Å². The van der Waals surface area contributed by atoms with Crippen molar-refractivity contribution in [1.82, 2.24) is 0 Å². The zero-order valence-corrected chi connectivity index (χ0v) is 25.5. The summed E-state index contributed by atoms with van der Waals surface area (Å²) in [7, 11) is 0. The minimum Gasteiger partial charge on any atom is -0.429 e. The number of unbranched alkanes of at least 4 members (excludes halogenated alkanes) is 2. The molecule has 4 aromatic carbocycles. The zero-order valence-electron chi connectivity index (χ0n) is 25.5. The van der Waals surface area contributed by atoms with Gasteiger partial charge in [-0.15, -0.1) is 0 Å². The minimum atomic E-state index is -4.69. The summed E-state index contributed by atoms with van der Waals surface area (Å²) in [6, 6.07) is 10.7. The molecule has 5 rings (SSSR count). The molecule has 0 radical (unpaired) electrons. The predicted molar refractivity (Wildman–Crippen MR) is 162 cm³/mol. The van der Waals surface area contributed by atoms with Crippen LogP contribution in [0.25, 0.3) is 22.3 Å². The van der Waals surface area contributed by atoms with Gasteiger partial charge in [0.05, 0.1) is 5.56 Å². The summed E-state index contributed by atoms with van der Waals surface area (Å²) >= 11 is 0. The molecule has 250 valence electrons. The van der Waals surface area contributed by atoms with Crippen LogP contribution in [0.15, 0.2) is 66.7 Å². The van der Waals surface area contributed by atoms with Crippen molar-refractivity contribution in [2.24, 2.45) is 5.92 Å². The van der Waals surface area contributed by atoms with Gasteiger partial charge in [0.1, 0.15) is 40.4 Å². The number of rotatable bonds is 11. The Morgan fingerprint density at radius 2 is 1.30 bits per heavy atom. The summed E-state index contributed by atoms with van der Waals surface area (Å²) in [6.07, 6.45) is 1.15. The molecule has 0 N–H and O–H groups in total. The SMILES string of the molecule is CCCCCC1CCC(c2ccc(-c3ccc(-c4cc(F)c(C(F)(F)Oc5ccc(C(F)F)c(F)c5)c(F)c4)c(F)c3)c(F)c2)CC1. The second kappa shape index (κ2) is 14.4. The Kier molecular flexibility index (Phi) is 10.6. The summed E-state index contributed by atoms with van der Waals surface area (Å²) in [5, 5.41) is 0. The minimum absolute atomic E-state index is 0.134. The lowest BCUT2D eigenvalue weighted by Gasteiger charge is -2.29. The van der Waals surface area contributed by atoms with Crippen LogP contribution in [0.2, 0.25) is 0 Å². The molecule has 0 atom stereocenters. The Bertz CT molecular complexity index is 1690. The third kappa shape index (κ3) is 7.79. The fourth-order valence-electron chi connectivity index (χ4n) is 6.36. The number of hydrogen-bond donors (Lipinski definition) is 0. The van der Waals surface area contributed by atoms with Crippen LogP contribution >= 0.6 is 0 Å². The van der Waals surface area contributed by atoms with Gasteiger partial charge in [-0.1, -0.05) is 56.9 Å². The van der Waals surface area contributed by atoms with E-state index in [1.807, 2.05) is 6.07 Å². The second-order valence-corrected chi connectivity index (χ2v) is 12.1. The van der Waals surface area contributed by atoms with E-state index in [4.69, 9.17) is 0 Å². The van der Waals surface area contributed by atoms with Crippen LogP contribution < -0.4 is 4.74 Å². The molecule has 1 aliphatic carbocycles. The van der Waals surface area contributed by atoms with Gasteiger partial charge in [-0.05, 0) is 90.6 Å². The van der Waals surface area contributed by atoms with E-state index in [2.05, 4.69) is 11.7 Å². The average molecular weight is 665 g/mol. The highest BCUT2D eigenvalue weighted by molar-refractivity contribution is 5.72. The van der Waals surface area contributed by atoms with Gasteiger partial charge in [-0.3, -0.25) is 0 Å². The van der Waals surface area contributed by atoms with E-state index >= 15 is 8.78 Å². The monoisotopic (exact) mass is 664 g/mol. The highest BCUT2D eigenvalue weighted by Gasteiger charge is 2.41. The smallest absolute Gasteiger partial charge is 0.429 e. The topological polar surface area (TPSA) is 9.23 Å². The lowest BCUT2D eigenvalue weighted by Crippen LogP contribution is -2.25. The Balaban J connectivity index is 1.31. The quantitative estimate of drug-likeness (QED) is 0.115. The fourth-order valence-corrected chi connectivity index (χ4v) is 6.36. The molecule has 0 aliphatic heterocycles. The first kappa shape index (κ1) is 34.4. The highest BCUT2D eigenvalue weighted by atomic mass is 19.3. The number of ether oxygens (including phenoxy) is 1. The van der Waals surface area contributed by atoms with Gasteiger partial charge in [-0.25, -0.2) is 30.7 Å². The molecule has 0 saturated heterocycles. The van der Waals surface area contributed by atoms with Gasteiger partial charge in [0.15, 0.2) is 0 Å². The Morgan fingerprint density at radius 3 is 1.89 bits per heavy atom. The highest BCUT2D eigenvalue weighted by Crippen LogP contribution is 2.41. The zero-order chi connectivity index (χ0) is 33.9. The van der Waals surface area contributed by atoms with Crippen molar-refractivity contribution in [2.45, 2.75) is 76.7 Å². The van der Waals surface area contributed by atoms with Crippen LogP contribution in [0.3, 0.4) is 0 Å². The maximum Gasteiger partial charge on any atom is 0.432 e. The molecule has 10 heteroatoms. The van der Waals surface area contributed by atoms with Gasteiger partial charge in [0.25, 0.3) is 6.43 Å². The van der Waals surface area contributed by atoms with Crippen LogP contribution in [-0.4, -0.2) is 0 Å². The van der Waals surface area contributed by atoms with Gasteiger partial charge in [-0.2, -0.15) is 8.78 Å². The van der Waals surface area contributed by atoms with Crippen LogP contribution in [0.4, 0.5) is 39.5 Å². The van der Waals surface area contributed by atoms with E-state index in [9.17, 15) is 30.7 Å². The van der Waals surface area contributed by atoms with E-state index < -0.39 is 64.1 Å². The van der Waals surface area contributed by atoms with Crippen molar-refractivity contribution < 1.29 is 44.3 Å². The molecule has 0 spiro atoms. The van der Waals surface area contributed by atoms with E-state index in [0.29, 0.717) is 30.2 Å². The van der Waals surface area contributed by atoms with E-state index in [1.165, 1.54) is 37.8 Å². The molecular weight excluding hydrogens is 631 g/mol. The molecule has 0 amide bonds. The molecule has 4 aromatic rings. The molecule has 1 nitrogen and oxygen atoms in total. The Labute approximate surface area is 267 Å². The normalized spacial score (nSPS) is 16.9. The summed E-state index contributed by atoms with van der Waals surface area (Å²) in [5.74, 6) is -6.65. The lowest BCUT2D eigenvalue weighted by atomic mass is 9.77. The standard InChI is InChI=1S/C37H33F9O/c1-2-3-4-5-21-6-8-22(9-7-21)23-10-13-27(30(38)16-23)24-11-14-28(31(39)17-24)25-18-33(41)35(34(42)19-25)37(45,46)47-26-12-15-29(36(43)44)32(40)20-26/h10-22,36H,2-9H2,1H3. The number of hydrogen-bond acceptors (Lipinski definition) is 1. The van der Waals surface area contributed by atoms with E-state index in [1.54, 1.807) is 6.07 Å². The summed E-state index contributed by atoms with van der Waals surface area (Å²) < 4.78 is 133. The molecule has 0 heterocycles. The van der Waals surface area contributed by atoms with E-state index in [0.717, 1.165) is 43.4 Å². The predicted octanol–water partition coefficient (Wildman–Crippen LogP) is 12.6. The van der Waals surface area contributed by atoms with Crippen molar-refractivity contribution in [1.29, 1.82) is 0 Å². The average Bonchev–Trinajstić information content (AvgIpc) is 3.00. The molecular formula is C37H33F9O. The Hall–Kier alpha value is -3.95. The van der Waals surface area contributed by atoms with Crippen LogP contribution in [0, 0.1) is 35.0 Å². The van der Waals surface area contributed by atoms with Crippen LogP contribution in [-0.2, 0) is 6.11 Å². The second-order valence-electron chi connectivity index (χ2n) is 12.1. The largest absolute Gasteiger partial charge is 0.432 e. The molecule has 47 heavy (non-hydrogen) atoms. The molecule has 1 aliphatic rings. The van der Waals surface area contributed by atoms with Crippen molar-refractivity contribution in [3.05, 3.63) is 113 Å². The number of halogens is 9. The van der Waals surface area contributed by atoms with Gasteiger partial charge in [0, 0.05) is 17.2 Å². The van der Waals surface area contributed by atoms with Gasteiger partial charge >= 0.3 is 6.11 Å². The maximum atomic E-state index is 15.3. The molecule has 0 unspecified atom stereocenters. The molecule has 1 fully saturated rings. The van der Waals surface area contributed by atoms with E-state index in [-0.39, 0.29) is 28.7 Å². The Morgan fingerprint density at radius 1 is 0.681 bits per heavy atom. The summed E-state index contributed by atoms with van der Waals surface area (Å²) in [4.78, 5) is 0. The third-order valence-electron chi connectivity index (χ3n) is 8.90. The summed E-state index contributed by atoms with van der Waals surface area (Å²) in [5.41, 5.74) is -2.47. The third-order valence-corrected chi connectivity index (χ3v) is 8.90. The summed E-state index contributed by atoms with van der Waals surface area (Å²) in [6.45, 7) is 2.18.